The van der Waals surface area contributed by atoms with Crippen LogP contribution in [-0.4, -0.2) is 12.4 Å². The molecule has 1 aliphatic rings. The molecule has 164 valence electrons. The first-order chi connectivity index (χ1) is 13.6. The molecular weight excluding hydrogens is 402 g/mol. The van der Waals surface area contributed by atoms with Crippen molar-refractivity contribution in [2.24, 2.45) is 10.8 Å². The van der Waals surface area contributed by atoms with Gasteiger partial charge in [-0.25, -0.2) is 0 Å². The van der Waals surface area contributed by atoms with Gasteiger partial charge in [0.1, 0.15) is 0 Å². The number of hydrogen-bond donors (Lipinski definition) is 0. The second-order valence-electron chi connectivity index (χ2n) is 9.37. The predicted molar refractivity (Wildman–Crippen MR) is 106 cm³/mol. The standard InChI is InChI=1S/C24H26F6/c1-6-20(2,3)22(23(25,26)27,24(28,29)30)14-15-11-12-17-16-9-7-8-10-18(16)21(4,5)19(17)13-15/h7-13H,6,14H2,1-5H3. The minimum atomic E-state index is -5.44. The van der Waals surface area contributed by atoms with E-state index in [1.807, 2.05) is 38.1 Å². The summed E-state index contributed by atoms with van der Waals surface area (Å²) in [5.41, 5.74) is -2.72. The minimum absolute atomic E-state index is 0.0470. The van der Waals surface area contributed by atoms with Gasteiger partial charge >= 0.3 is 12.4 Å². The lowest BCUT2D eigenvalue weighted by Crippen LogP contribution is -2.60. The Bertz CT molecular complexity index is 933. The third-order valence-electron chi connectivity index (χ3n) is 7.12. The van der Waals surface area contributed by atoms with Crippen molar-refractivity contribution < 1.29 is 26.3 Å². The normalized spacial score (nSPS) is 16.4. The van der Waals surface area contributed by atoms with E-state index in [1.165, 1.54) is 19.1 Å². The summed E-state index contributed by atoms with van der Waals surface area (Å²) in [7, 11) is 0. The first-order valence-electron chi connectivity index (χ1n) is 9.97. The lowest BCUT2D eigenvalue weighted by molar-refractivity contribution is -0.374. The molecule has 0 heterocycles. The number of hydrogen-bond acceptors (Lipinski definition) is 0. The molecule has 0 aliphatic heterocycles. The van der Waals surface area contributed by atoms with Gasteiger partial charge < -0.3 is 0 Å². The second kappa shape index (κ2) is 6.76. The average Bonchev–Trinajstić information content (AvgIpc) is 2.85. The van der Waals surface area contributed by atoms with E-state index in [4.69, 9.17) is 0 Å². The summed E-state index contributed by atoms with van der Waals surface area (Å²) in [6.45, 7) is 7.37. The molecule has 30 heavy (non-hydrogen) atoms. The van der Waals surface area contributed by atoms with Gasteiger partial charge in [-0.3, -0.25) is 0 Å². The lowest BCUT2D eigenvalue weighted by atomic mass is 9.60. The molecule has 2 aromatic carbocycles. The summed E-state index contributed by atoms with van der Waals surface area (Å²) in [5, 5.41) is 0. The molecule has 3 rings (SSSR count). The van der Waals surface area contributed by atoms with Crippen molar-refractivity contribution in [1.29, 1.82) is 0 Å². The van der Waals surface area contributed by atoms with Gasteiger partial charge in [0.05, 0.1) is 0 Å². The topological polar surface area (TPSA) is 0 Å². The van der Waals surface area contributed by atoms with E-state index in [9.17, 15) is 26.3 Å². The van der Waals surface area contributed by atoms with Crippen molar-refractivity contribution in [3.05, 3.63) is 59.2 Å². The molecule has 0 unspecified atom stereocenters. The van der Waals surface area contributed by atoms with E-state index < -0.39 is 35.0 Å². The van der Waals surface area contributed by atoms with Gasteiger partial charge in [-0.1, -0.05) is 77.1 Å². The van der Waals surface area contributed by atoms with E-state index in [2.05, 4.69) is 0 Å². The van der Waals surface area contributed by atoms with Crippen LogP contribution < -0.4 is 0 Å². The van der Waals surface area contributed by atoms with Crippen LogP contribution in [0.1, 0.15) is 57.7 Å². The molecule has 0 N–H and O–H groups in total. The summed E-state index contributed by atoms with van der Waals surface area (Å²) < 4.78 is 85.0. The van der Waals surface area contributed by atoms with Gasteiger partial charge in [-0.05, 0) is 46.1 Å². The van der Waals surface area contributed by atoms with E-state index in [1.54, 1.807) is 6.07 Å². The van der Waals surface area contributed by atoms with Crippen LogP contribution in [0.25, 0.3) is 11.1 Å². The Morgan fingerprint density at radius 2 is 1.30 bits per heavy atom. The number of alkyl halides is 6. The van der Waals surface area contributed by atoms with Crippen molar-refractivity contribution >= 4 is 0 Å². The molecule has 1 aliphatic carbocycles. The first-order valence-corrected chi connectivity index (χ1v) is 9.97. The van der Waals surface area contributed by atoms with Crippen molar-refractivity contribution in [3.8, 4) is 11.1 Å². The van der Waals surface area contributed by atoms with Crippen molar-refractivity contribution in [2.45, 2.75) is 65.2 Å². The molecule has 0 radical (unpaired) electrons. The van der Waals surface area contributed by atoms with Gasteiger partial charge in [0, 0.05) is 5.41 Å². The zero-order valence-electron chi connectivity index (χ0n) is 17.7. The Hall–Kier alpha value is -1.98. The van der Waals surface area contributed by atoms with Crippen LogP contribution in [0.2, 0.25) is 0 Å². The van der Waals surface area contributed by atoms with E-state index in [-0.39, 0.29) is 12.0 Å². The molecule has 6 heteroatoms. The van der Waals surface area contributed by atoms with Crippen LogP contribution in [0, 0.1) is 10.8 Å². The Balaban J connectivity index is 2.19. The number of fused-ring (bicyclic) bond motifs is 3. The fourth-order valence-electron chi connectivity index (χ4n) is 4.84. The average molecular weight is 428 g/mol. The van der Waals surface area contributed by atoms with Crippen LogP contribution >= 0.6 is 0 Å². The molecule has 0 nitrogen and oxygen atoms in total. The molecule has 0 atom stereocenters. The molecule has 0 aromatic heterocycles. The largest absolute Gasteiger partial charge is 0.404 e. The fraction of sp³-hybridized carbons (Fsp3) is 0.500. The van der Waals surface area contributed by atoms with Crippen LogP contribution in [0.4, 0.5) is 26.3 Å². The van der Waals surface area contributed by atoms with Gasteiger partial charge in [0.15, 0.2) is 5.41 Å². The SMILES string of the molecule is CCC(C)(C)C(Cc1ccc2c(c1)C(C)(C)c1ccccc1-2)(C(F)(F)F)C(F)(F)F. The quantitative estimate of drug-likeness (QED) is 0.432. The van der Waals surface area contributed by atoms with Crippen LogP contribution in [0.15, 0.2) is 42.5 Å². The Morgan fingerprint density at radius 1 is 0.767 bits per heavy atom. The van der Waals surface area contributed by atoms with Crippen LogP contribution in [0.5, 0.6) is 0 Å². The summed E-state index contributed by atoms with van der Waals surface area (Å²) in [6, 6.07) is 12.2. The van der Waals surface area contributed by atoms with Gasteiger partial charge in [-0.15, -0.1) is 0 Å². The molecule has 0 saturated heterocycles. The highest BCUT2D eigenvalue weighted by atomic mass is 19.4. The summed E-state index contributed by atoms with van der Waals surface area (Å²) >= 11 is 0. The van der Waals surface area contributed by atoms with Gasteiger partial charge in [0.2, 0.25) is 0 Å². The zero-order chi connectivity index (χ0) is 22.8. The number of halogens is 6. The second-order valence-corrected chi connectivity index (χ2v) is 9.37. The van der Waals surface area contributed by atoms with Gasteiger partial charge in [0.25, 0.3) is 0 Å². The molecule has 0 bridgehead atoms. The van der Waals surface area contributed by atoms with Crippen molar-refractivity contribution in [2.75, 3.05) is 0 Å². The zero-order valence-corrected chi connectivity index (χ0v) is 17.7. The molecule has 0 fully saturated rings. The molecule has 2 aromatic rings. The van der Waals surface area contributed by atoms with Gasteiger partial charge in [-0.2, -0.15) is 26.3 Å². The van der Waals surface area contributed by atoms with Crippen molar-refractivity contribution in [1.82, 2.24) is 0 Å². The number of rotatable bonds is 4. The van der Waals surface area contributed by atoms with Crippen LogP contribution in [-0.2, 0) is 11.8 Å². The lowest BCUT2D eigenvalue weighted by Gasteiger charge is -2.48. The molecular formula is C24H26F6. The smallest absolute Gasteiger partial charge is 0.170 e. The highest BCUT2D eigenvalue weighted by molar-refractivity contribution is 5.80. The van der Waals surface area contributed by atoms with Crippen molar-refractivity contribution in [3.63, 3.8) is 0 Å². The first kappa shape index (κ1) is 22.7. The monoisotopic (exact) mass is 428 g/mol. The molecule has 0 amide bonds. The minimum Gasteiger partial charge on any atom is -0.170 e. The Morgan fingerprint density at radius 3 is 1.83 bits per heavy atom. The molecule has 0 saturated carbocycles. The fourth-order valence-corrected chi connectivity index (χ4v) is 4.84. The highest BCUT2D eigenvalue weighted by Crippen LogP contribution is 2.63. The van der Waals surface area contributed by atoms with Crippen LogP contribution in [0.3, 0.4) is 0 Å². The maximum absolute atomic E-state index is 14.2. The maximum atomic E-state index is 14.2. The summed E-state index contributed by atoms with van der Waals surface area (Å²) in [5.74, 6) is 0. The highest BCUT2D eigenvalue weighted by Gasteiger charge is 2.75. The predicted octanol–water partition coefficient (Wildman–Crippen LogP) is 8.08. The maximum Gasteiger partial charge on any atom is 0.404 e. The number of benzene rings is 2. The third kappa shape index (κ3) is 3.05. The summed E-state index contributed by atoms with van der Waals surface area (Å²) in [4.78, 5) is 0. The third-order valence-corrected chi connectivity index (χ3v) is 7.12. The Labute approximate surface area is 173 Å². The molecule has 0 spiro atoms. The Kier molecular flexibility index (Phi) is 5.12. The summed E-state index contributed by atoms with van der Waals surface area (Å²) in [6.07, 6.45) is -12.3. The van der Waals surface area contributed by atoms with E-state index >= 15 is 0 Å². The van der Waals surface area contributed by atoms with E-state index in [0.29, 0.717) is 0 Å². The van der Waals surface area contributed by atoms with E-state index in [0.717, 1.165) is 36.1 Å².